The lowest BCUT2D eigenvalue weighted by atomic mass is 9.98. The van der Waals surface area contributed by atoms with Crippen LogP contribution in [0.3, 0.4) is 0 Å². The Morgan fingerprint density at radius 3 is 1.79 bits per heavy atom. The zero-order valence-corrected chi connectivity index (χ0v) is 17.7. The second kappa shape index (κ2) is 7.57. The second-order valence-electron chi connectivity index (χ2n) is 8.20. The Morgan fingerprint density at radius 2 is 1.14 bits per heavy atom. The van der Waals surface area contributed by atoms with Crippen molar-refractivity contribution in [1.82, 2.24) is 4.98 Å². The molecule has 0 unspecified atom stereocenters. The molecule has 0 N–H and O–H groups in total. The molecule has 0 fully saturated rings. The largest absolute Gasteiger partial charge is 0.256 e. The Bertz CT molecular complexity index is 1080. The lowest BCUT2D eigenvalue weighted by Crippen LogP contribution is -2.37. The van der Waals surface area contributed by atoms with Gasteiger partial charge in [-0.2, -0.15) is 0 Å². The number of hydrogen-bond donors (Lipinski definition) is 0. The maximum atomic E-state index is 4.44. The molecular weight excluding hydrogens is 354 g/mol. The SMILES string of the molecule is C[Si](C)(C)c1cccc(-c2cccc(-c3ccc(-c4ccccn4)cc3)c2)c1. The molecule has 2 heteroatoms. The Kier molecular flexibility index (Phi) is 4.97. The number of nitrogens with zero attached hydrogens (tertiary/aromatic N) is 1. The van der Waals surface area contributed by atoms with Gasteiger partial charge in [0.2, 0.25) is 0 Å². The first-order valence-electron chi connectivity index (χ1n) is 9.73. The molecular formula is C26H25NSi. The highest BCUT2D eigenvalue weighted by molar-refractivity contribution is 6.88. The van der Waals surface area contributed by atoms with Gasteiger partial charge in [0.25, 0.3) is 0 Å². The van der Waals surface area contributed by atoms with E-state index < -0.39 is 8.07 Å². The van der Waals surface area contributed by atoms with Crippen LogP contribution in [-0.2, 0) is 0 Å². The molecule has 28 heavy (non-hydrogen) atoms. The van der Waals surface area contributed by atoms with Crippen molar-refractivity contribution in [2.75, 3.05) is 0 Å². The topological polar surface area (TPSA) is 12.9 Å². The van der Waals surface area contributed by atoms with Crippen molar-refractivity contribution in [3.05, 3.63) is 97.2 Å². The van der Waals surface area contributed by atoms with Crippen LogP contribution in [0.1, 0.15) is 0 Å². The molecule has 0 spiro atoms. The summed E-state index contributed by atoms with van der Waals surface area (Å²) < 4.78 is 0. The molecule has 1 nitrogen and oxygen atoms in total. The van der Waals surface area contributed by atoms with Crippen LogP contribution in [-0.4, -0.2) is 13.1 Å². The summed E-state index contributed by atoms with van der Waals surface area (Å²) in [5.74, 6) is 0. The summed E-state index contributed by atoms with van der Waals surface area (Å²) in [4.78, 5) is 4.44. The lowest BCUT2D eigenvalue weighted by molar-refractivity contribution is 1.33. The zero-order chi connectivity index (χ0) is 19.6. The van der Waals surface area contributed by atoms with Crippen molar-refractivity contribution in [3.63, 3.8) is 0 Å². The number of benzene rings is 3. The molecule has 4 rings (SSSR count). The monoisotopic (exact) mass is 379 g/mol. The quantitative estimate of drug-likeness (QED) is 0.363. The summed E-state index contributed by atoms with van der Waals surface area (Å²) in [6.45, 7) is 7.18. The zero-order valence-electron chi connectivity index (χ0n) is 16.7. The van der Waals surface area contributed by atoms with Gasteiger partial charge in [-0.25, -0.2) is 0 Å². The minimum absolute atomic E-state index is 1.01. The molecule has 138 valence electrons. The van der Waals surface area contributed by atoms with Gasteiger partial charge in [-0.15, -0.1) is 0 Å². The molecule has 1 aromatic heterocycles. The Balaban J connectivity index is 1.66. The second-order valence-corrected chi connectivity index (χ2v) is 13.3. The Hall–Kier alpha value is -2.97. The average molecular weight is 380 g/mol. The van der Waals surface area contributed by atoms with Crippen LogP contribution in [0.2, 0.25) is 19.6 Å². The van der Waals surface area contributed by atoms with Crippen LogP contribution < -0.4 is 5.19 Å². The van der Waals surface area contributed by atoms with E-state index in [1.807, 2.05) is 24.4 Å². The predicted octanol–water partition coefficient (Wildman–Crippen LogP) is 6.63. The summed E-state index contributed by atoms with van der Waals surface area (Å²) in [6, 6.07) is 32.6. The number of pyridine rings is 1. The molecule has 0 atom stereocenters. The molecule has 0 radical (unpaired) electrons. The summed E-state index contributed by atoms with van der Waals surface area (Å²) in [6.07, 6.45) is 1.83. The van der Waals surface area contributed by atoms with Crippen molar-refractivity contribution in [1.29, 1.82) is 0 Å². The normalized spacial score (nSPS) is 11.4. The van der Waals surface area contributed by atoms with Crippen LogP contribution in [0.4, 0.5) is 0 Å². The lowest BCUT2D eigenvalue weighted by Gasteiger charge is -2.17. The van der Waals surface area contributed by atoms with E-state index in [2.05, 4.69) is 97.4 Å². The molecule has 4 aromatic rings. The van der Waals surface area contributed by atoms with Crippen molar-refractivity contribution in [2.45, 2.75) is 19.6 Å². The molecule has 0 amide bonds. The highest BCUT2D eigenvalue weighted by Crippen LogP contribution is 2.28. The fourth-order valence-corrected chi connectivity index (χ4v) is 4.60. The van der Waals surface area contributed by atoms with Gasteiger partial charge in [-0.05, 0) is 40.5 Å². The fourth-order valence-electron chi connectivity index (χ4n) is 3.41. The van der Waals surface area contributed by atoms with Gasteiger partial charge in [-0.1, -0.05) is 97.6 Å². The minimum atomic E-state index is -1.32. The van der Waals surface area contributed by atoms with Gasteiger partial charge < -0.3 is 0 Å². The van der Waals surface area contributed by atoms with Gasteiger partial charge in [-0.3, -0.25) is 4.98 Å². The molecule has 0 bridgehead atoms. The maximum Gasteiger partial charge on any atom is 0.0776 e. The maximum absolute atomic E-state index is 4.44. The van der Waals surface area contributed by atoms with Gasteiger partial charge in [0, 0.05) is 11.8 Å². The third-order valence-electron chi connectivity index (χ3n) is 5.10. The molecule has 0 aliphatic carbocycles. The standard InChI is InChI=1S/C26H25NSi/c1-28(2,3)25-11-7-10-24(19-25)23-9-6-8-22(18-23)20-13-15-21(16-14-20)26-12-4-5-17-27-26/h4-19H,1-3H3. The Labute approximate surface area is 168 Å². The first-order chi connectivity index (χ1) is 13.5. The van der Waals surface area contributed by atoms with E-state index in [1.54, 1.807) is 0 Å². The highest BCUT2D eigenvalue weighted by atomic mass is 28.3. The van der Waals surface area contributed by atoms with Crippen LogP contribution in [0, 0.1) is 0 Å². The minimum Gasteiger partial charge on any atom is -0.256 e. The van der Waals surface area contributed by atoms with Crippen molar-refractivity contribution >= 4 is 13.3 Å². The van der Waals surface area contributed by atoms with Crippen molar-refractivity contribution in [3.8, 4) is 33.5 Å². The number of hydrogen-bond acceptors (Lipinski definition) is 1. The van der Waals surface area contributed by atoms with Crippen LogP contribution in [0.5, 0.6) is 0 Å². The first kappa shape index (κ1) is 18.4. The Morgan fingerprint density at radius 1 is 0.536 bits per heavy atom. The molecule has 1 heterocycles. The summed E-state index contributed by atoms with van der Waals surface area (Å²) >= 11 is 0. The van der Waals surface area contributed by atoms with E-state index in [-0.39, 0.29) is 0 Å². The van der Waals surface area contributed by atoms with Gasteiger partial charge in [0.15, 0.2) is 0 Å². The van der Waals surface area contributed by atoms with E-state index in [9.17, 15) is 0 Å². The summed E-state index contributed by atoms with van der Waals surface area (Å²) in [5.41, 5.74) is 7.18. The third kappa shape index (κ3) is 3.97. The summed E-state index contributed by atoms with van der Waals surface area (Å²) in [7, 11) is -1.32. The van der Waals surface area contributed by atoms with Gasteiger partial charge in [0.05, 0.1) is 13.8 Å². The third-order valence-corrected chi connectivity index (χ3v) is 7.15. The predicted molar refractivity (Wildman–Crippen MR) is 124 cm³/mol. The van der Waals surface area contributed by atoms with Crippen molar-refractivity contribution < 1.29 is 0 Å². The van der Waals surface area contributed by atoms with E-state index in [1.165, 1.54) is 27.4 Å². The van der Waals surface area contributed by atoms with Gasteiger partial charge >= 0.3 is 0 Å². The van der Waals surface area contributed by atoms with Crippen LogP contribution in [0.25, 0.3) is 33.5 Å². The van der Waals surface area contributed by atoms with Crippen LogP contribution in [0.15, 0.2) is 97.2 Å². The fraction of sp³-hybridized carbons (Fsp3) is 0.115. The molecule has 0 saturated carbocycles. The average Bonchev–Trinajstić information content (AvgIpc) is 2.74. The number of aromatic nitrogens is 1. The van der Waals surface area contributed by atoms with E-state index in [0.717, 1.165) is 11.3 Å². The van der Waals surface area contributed by atoms with Crippen molar-refractivity contribution in [2.24, 2.45) is 0 Å². The molecule has 3 aromatic carbocycles. The molecule has 0 saturated heterocycles. The van der Waals surface area contributed by atoms with Gasteiger partial charge in [0.1, 0.15) is 0 Å². The highest BCUT2D eigenvalue weighted by Gasteiger charge is 2.16. The van der Waals surface area contributed by atoms with E-state index in [4.69, 9.17) is 0 Å². The first-order valence-corrected chi connectivity index (χ1v) is 13.2. The smallest absolute Gasteiger partial charge is 0.0776 e. The van der Waals surface area contributed by atoms with E-state index >= 15 is 0 Å². The summed E-state index contributed by atoms with van der Waals surface area (Å²) in [5, 5.41) is 1.50. The molecule has 0 aliphatic rings. The van der Waals surface area contributed by atoms with E-state index in [0.29, 0.717) is 0 Å². The number of rotatable bonds is 4. The molecule has 0 aliphatic heterocycles. The van der Waals surface area contributed by atoms with Crippen LogP contribution >= 0.6 is 0 Å².